The first kappa shape index (κ1) is 8.81. The second kappa shape index (κ2) is 3.96. The summed E-state index contributed by atoms with van der Waals surface area (Å²) >= 11 is 0. The first-order chi connectivity index (χ1) is 6.36. The summed E-state index contributed by atoms with van der Waals surface area (Å²) in [6.07, 6.45) is 3.40. The van der Waals surface area contributed by atoms with Crippen LogP contribution in [0.15, 0.2) is 0 Å². The summed E-state index contributed by atoms with van der Waals surface area (Å²) in [7, 11) is 0. The summed E-state index contributed by atoms with van der Waals surface area (Å²) in [6.45, 7) is 3.84. The zero-order valence-electron chi connectivity index (χ0n) is 7.88. The van der Waals surface area contributed by atoms with Gasteiger partial charge in [-0.3, -0.25) is 0 Å². The molecule has 0 aromatic heterocycles. The monoisotopic (exact) mass is 183 g/mol. The fourth-order valence-corrected chi connectivity index (χ4v) is 1.96. The molecule has 2 aliphatic heterocycles. The highest BCUT2D eigenvalue weighted by Crippen LogP contribution is 2.08. The van der Waals surface area contributed by atoms with Crippen molar-refractivity contribution in [3.8, 4) is 0 Å². The van der Waals surface area contributed by atoms with Crippen molar-refractivity contribution in [3.05, 3.63) is 0 Å². The highest BCUT2D eigenvalue weighted by molar-refractivity contribution is 5.74. The number of rotatable bonds is 1. The second-order valence-corrected chi connectivity index (χ2v) is 3.83. The van der Waals surface area contributed by atoms with E-state index in [-0.39, 0.29) is 6.03 Å². The van der Waals surface area contributed by atoms with E-state index in [9.17, 15) is 4.79 Å². The average molecular weight is 183 g/mol. The minimum Gasteiger partial charge on any atom is -0.334 e. The number of nitrogens with zero attached hydrogens (tertiary/aromatic N) is 1. The van der Waals surface area contributed by atoms with E-state index in [1.54, 1.807) is 0 Å². The number of hydrogen-bond donors (Lipinski definition) is 2. The Balaban J connectivity index is 1.76. The van der Waals surface area contributed by atoms with Crippen LogP contribution in [0.5, 0.6) is 0 Å². The Morgan fingerprint density at radius 1 is 1.38 bits per heavy atom. The number of carbonyl (C=O) groups is 1. The van der Waals surface area contributed by atoms with Crippen LogP contribution < -0.4 is 10.6 Å². The van der Waals surface area contributed by atoms with Crippen LogP contribution >= 0.6 is 0 Å². The van der Waals surface area contributed by atoms with E-state index in [1.807, 2.05) is 4.90 Å². The molecule has 74 valence electrons. The maximum absolute atomic E-state index is 11.6. The van der Waals surface area contributed by atoms with Crippen LogP contribution in [0.1, 0.15) is 19.3 Å². The Morgan fingerprint density at radius 3 is 2.77 bits per heavy atom. The van der Waals surface area contributed by atoms with Crippen molar-refractivity contribution in [2.45, 2.75) is 25.3 Å². The Kier molecular flexibility index (Phi) is 2.68. The van der Waals surface area contributed by atoms with Gasteiger partial charge >= 0.3 is 6.03 Å². The van der Waals surface area contributed by atoms with Crippen molar-refractivity contribution >= 4 is 6.03 Å². The van der Waals surface area contributed by atoms with Crippen LogP contribution in [0.3, 0.4) is 0 Å². The lowest BCUT2D eigenvalue weighted by molar-refractivity contribution is 0.205. The normalized spacial score (nSPS) is 28.0. The molecule has 0 unspecified atom stereocenters. The molecule has 4 heteroatoms. The number of likely N-dealkylation sites (tertiary alicyclic amines) is 1. The lowest BCUT2D eigenvalue weighted by Gasteiger charge is -2.19. The predicted octanol–water partition coefficient (Wildman–Crippen LogP) is 0.154. The summed E-state index contributed by atoms with van der Waals surface area (Å²) < 4.78 is 0. The number of urea groups is 1. The molecule has 2 heterocycles. The lowest BCUT2D eigenvalue weighted by atomic mass is 10.3. The Bertz CT molecular complexity index is 183. The molecule has 2 amide bonds. The van der Waals surface area contributed by atoms with Gasteiger partial charge in [-0.05, 0) is 25.8 Å². The van der Waals surface area contributed by atoms with Gasteiger partial charge < -0.3 is 15.5 Å². The Labute approximate surface area is 78.7 Å². The molecule has 2 aliphatic rings. The summed E-state index contributed by atoms with van der Waals surface area (Å²) in [4.78, 5) is 13.5. The number of nitrogens with one attached hydrogen (secondary N) is 2. The molecule has 0 saturated carbocycles. The van der Waals surface area contributed by atoms with Crippen LogP contribution in [0, 0.1) is 0 Å². The van der Waals surface area contributed by atoms with Gasteiger partial charge in [0, 0.05) is 25.7 Å². The van der Waals surface area contributed by atoms with Gasteiger partial charge in [-0.2, -0.15) is 0 Å². The highest BCUT2D eigenvalue weighted by Gasteiger charge is 2.22. The predicted molar refractivity (Wildman–Crippen MR) is 50.6 cm³/mol. The molecule has 0 bridgehead atoms. The van der Waals surface area contributed by atoms with Gasteiger partial charge in [0.25, 0.3) is 0 Å². The molecule has 0 aromatic rings. The van der Waals surface area contributed by atoms with Crippen molar-refractivity contribution in [1.82, 2.24) is 15.5 Å². The van der Waals surface area contributed by atoms with Gasteiger partial charge in [-0.1, -0.05) is 0 Å². The third-order valence-electron chi connectivity index (χ3n) is 2.78. The zero-order chi connectivity index (χ0) is 9.10. The van der Waals surface area contributed by atoms with E-state index >= 15 is 0 Å². The maximum atomic E-state index is 11.6. The molecule has 0 radical (unpaired) electrons. The van der Waals surface area contributed by atoms with Gasteiger partial charge in [0.2, 0.25) is 0 Å². The molecule has 2 N–H and O–H groups in total. The van der Waals surface area contributed by atoms with Crippen molar-refractivity contribution in [2.24, 2.45) is 0 Å². The second-order valence-electron chi connectivity index (χ2n) is 3.83. The average Bonchev–Trinajstić information content (AvgIpc) is 2.74. The molecular weight excluding hydrogens is 166 g/mol. The fraction of sp³-hybridized carbons (Fsp3) is 0.889. The molecule has 2 saturated heterocycles. The lowest BCUT2D eigenvalue weighted by Crippen LogP contribution is -2.44. The van der Waals surface area contributed by atoms with E-state index < -0.39 is 0 Å². The molecular formula is C9H17N3O. The van der Waals surface area contributed by atoms with E-state index in [1.165, 1.54) is 0 Å². The minimum absolute atomic E-state index is 0.131. The molecule has 13 heavy (non-hydrogen) atoms. The van der Waals surface area contributed by atoms with Crippen molar-refractivity contribution < 1.29 is 4.79 Å². The molecule has 0 spiro atoms. The van der Waals surface area contributed by atoms with Crippen LogP contribution in [0.2, 0.25) is 0 Å². The maximum Gasteiger partial charge on any atom is 0.317 e. The van der Waals surface area contributed by atoms with Crippen molar-refractivity contribution in [1.29, 1.82) is 0 Å². The minimum atomic E-state index is 0.131. The molecule has 2 rings (SSSR count). The summed E-state index contributed by atoms with van der Waals surface area (Å²) in [5.74, 6) is 0. The highest BCUT2D eigenvalue weighted by atomic mass is 16.2. The topological polar surface area (TPSA) is 44.4 Å². The summed E-state index contributed by atoms with van der Waals surface area (Å²) in [5.41, 5.74) is 0. The molecule has 0 aliphatic carbocycles. The Morgan fingerprint density at radius 2 is 2.15 bits per heavy atom. The van der Waals surface area contributed by atoms with Crippen LogP contribution in [-0.4, -0.2) is 43.2 Å². The van der Waals surface area contributed by atoms with Gasteiger partial charge in [-0.15, -0.1) is 0 Å². The van der Waals surface area contributed by atoms with Crippen molar-refractivity contribution in [2.75, 3.05) is 26.2 Å². The summed E-state index contributed by atoms with van der Waals surface area (Å²) in [5, 5.41) is 6.28. The molecule has 1 atom stereocenters. The van der Waals surface area contributed by atoms with Gasteiger partial charge in [0.05, 0.1) is 0 Å². The molecule has 2 fully saturated rings. The first-order valence-electron chi connectivity index (χ1n) is 5.12. The summed E-state index contributed by atoms with van der Waals surface area (Å²) in [6, 6.07) is 0.485. The fourth-order valence-electron chi connectivity index (χ4n) is 1.96. The van der Waals surface area contributed by atoms with Gasteiger partial charge in [-0.25, -0.2) is 4.79 Å². The van der Waals surface area contributed by atoms with Gasteiger partial charge in [0.15, 0.2) is 0 Å². The third kappa shape index (κ3) is 2.12. The molecule has 0 aromatic carbocycles. The number of hydrogen-bond acceptors (Lipinski definition) is 2. The largest absolute Gasteiger partial charge is 0.334 e. The Hall–Kier alpha value is -0.770. The van der Waals surface area contributed by atoms with Crippen LogP contribution in [0.25, 0.3) is 0 Å². The SMILES string of the molecule is O=C(N[C@@H]1CCNC1)N1CCCC1. The number of carbonyl (C=O) groups excluding carboxylic acids is 1. The first-order valence-corrected chi connectivity index (χ1v) is 5.12. The van der Waals surface area contributed by atoms with E-state index in [2.05, 4.69) is 10.6 Å². The van der Waals surface area contributed by atoms with E-state index in [0.29, 0.717) is 6.04 Å². The smallest absolute Gasteiger partial charge is 0.317 e. The molecule has 4 nitrogen and oxygen atoms in total. The van der Waals surface area contributed by atoms with Gasteiger partial charge in [0.1, 0.15) is 0 Å². The van der Waals surface area contributed by atoms with Crippen LogP contribution in [-0.2, 0) is 0 Å². The number of amides is 2. The standard InChI is InChI=1S/C9H17N3O/c13-9(12-5-1-2-6-12)11-8-3-4-10-7-8/h8,10H,1-7H2,(H,11,13)/t8-/m1/s1. The third-order valence-corrected chi connectivity index (χ3v) is 2.78. The van der Waals surface area contributed by atoms with E-state index in [0.717, 1.165) is 45.4 Å². The quantitative estimate of drug-likeness (QED) is 0.608. The zero-order valence-corrected chi connectivity index (χ0v) is 7.88. The van der Waals surface area contributed by atoms with E-state index in [4.69, 9.17) is 0 Å². The van der Waals surface area contributed by atoms with Crippen LogP contribution in [0.4, 0.5) is 4.79 Å². The van der Waals surface area contributed by atoms with Crippen molar-refractivity contribution in [3.63, 3.8) is 0 Å².